The van der Waals surface area contributed by atoms with Crippen molar-refractivity contribution in [2.75, 3.05) is 39.4 Å². The highest BCUT2D eigenvalue weighted by Crippen LogP contribution is 2.51. The molecule has 2 aliphatic rings. The highest BCUT2D eigenvalue weighted by atomic mass is 19.1. The molecule has 2 fully saturated rings. The fraction of sp³-hybridized carbons (Fsp3) is 0.833. The van der Waals surface area contributed by atoms with E-state index in [0.717, 1.165) is 39.1 Å². The lowest BCUT2D eigenvalue weighted by Gasteiger charge is -2.46. The molecule has 0 aromatic carbocycles. The van der Waals surface area contributed by atoms with Gasteiger partial charge in [0.1, 0.15) is 0 Å². The van der Waals surface area contributed by atoms with Gasteiger partial charge in [-0.1, -0.05) is 39.8 Å². The molecule has 0 unspecified atom stereocenters. The number of allylic oxidation sites excluding steroid dienone is 4. The second-order valence-corrected chi connectivity index (χ2v) is 10.4. The van der Waals surface area contributed by atoms with E-state index in [1.165, 1.54) is 25.0 Å². The third-order valence-electron chi connectivity index (χ3n) is 6.46. The number of hydrogen-bond acceptors (Lipinski definition) is 2. The minimum atomic E-state index is -0.178. The van der Waals surface area contributed by atoms with Crippen LogP contribution in [0.25, 0.3) is 0 Å². The standard InChI is InChI=1S/C24H43FN2/c1-7-10-22(21-17-23(3,4)19-24(5,6)18-21)20(2)27-15-13-26(14-16-27)12-9-8-11-25/h7,10,21H,8-9,11-19H2,1-6H3/b10-7-,22-20-. The summed E-state index contributed by atoms with van der Waals surface area (Å²) in [6, 6.07) is 0. The third kappa shape index (κ3) is 6.62. The topological polar surface area (TPSA) is 6.48 Å². The van der Waals surface area contributed by atoms with Crippen LogP contribution < -0.4 is 0 Å². The molecule has 1 aliphatic heterocycles. The number of nitrogens with zero attached hydrogens (tertiary/aromatic N) is 2. The number of rotatable bonds is 7. The summed E-state index contributed by atoms with van der Waals surface area (Å²) in [5.41, 5.74) is 3.86. The van der Waals surface area contributed by atoms with Crippen molar-refractivity contribution in [2.24, 2.45) is 16.7 Å². The summed E-state index contributed by atoms with van der Waals surface area (Å²) in [6.07, 6.45) is 10.2. The molecule has 0 amide bonds. The Labute approximate surface area is 167 Å². The van der Waals surface area contributed by atoms with Gasteiger partial charge in [-0.15, -0.1) is 0 Å². The Morgan fingerprint density at radius 1 is 1.00 bits per heavy atom. The lowest BCUT2D eigenvalue weighted by atomic mass is 9.60. The number of hydrogen-bond donors (Lipinski definition) is 0. The van der Waals surface area contributed by atoms with Crippen LogP contribution in [0.15, 0.2) is 23.4 Å². The van der Waals surface area contributed by atoms with E-state index in [1.807, 2.05) is 0 Å². The quantitative estimate of drug-likeness (QED) is 0.393. The van der Waals surface area contributed by atoms with E-state index < -0.39 is 0 Å². The molecule has 1 aliphatic carbocycles. The van der Waals surface area contributed by atoms with E-state index in [4.69, 9.17) is 0 Å². The SMILES string of the molecule is C/C=C\C(=C(/C)N1CCN(CCCCF)CC1)C1CC(C)(C)CC(C)(C)C1. The summed E-state index contributed by atoms with van der Waals surface area (Å²) < 4.78 is 12.3. The molecular weight excluding hydrogens is 335 g/mol. The molecule has 2 rings (SSSR count). The first kappa shape index (κ1) is 22.5. The van der Waals surface area contributed by atoms with E-state index in [0.29, 0.717) is 23.2 Å². The van der Waals surface area contributed by atoms with Crippen LogP contribution in [0.2, 0.25) is 0 Å². The Morgan fingerprint density at radius 3 is 2.11 bits per heavy atom. The van der Waals surface area contributed by atoms with Gasteiger partial charge in [-0.25, -0.2) is 0 Å². The van der Waals surface area contributed by atoms with Crippen molar-refractivity contribution in [3.05, 3.63) is 23.4 Å². The molecule has 0 radical (unpaired) electrons. The van der Waals surface area contributed by atoms with E-state index in [1.54, 1.807) is 5.57 Å². The molecular formula is C24H43FN2. The molecule has 0 spiro atoms. The minimum absolute atomic E-state index is 0.178. The Kier molecular flexibility index (Phi) is 7.97. The molecule has 0 N–H and O–H groups in total. The average molecular weight is 379 g/mol. The summed E-state index contributed by atoms with van der Waals surface area (Å²) in [7, 11) is 0. The van der Waals surface area contributed by atoms with E-state index >= 15 is 0 Å². The van der Waals surface area contributed by atoms with Crippen LogP contribution in [-0.2, 0) is 0 Å². The summed E-state index contributed by atoms with van der Waals surface area (Å²) in [5, 5.41) is 0. The predicted molar refractivity (Wildman–Crippen MR) is 116 cm³/mol. The molecule has 156 valence electrons. The fourth-order valence-electron chi connectivity index (χ4n) is 5.72. The molecule has 27 heavy (non-hydrogen) atoms. The zero-order valence-electron chi connectivity index (χ0n) is 18.8. The van der Waals surface area contributed by atoms with Gasteiger partial charge in [0.25, 0.3) is 0 Å². The van der Waals surface area contributed by atoms with Gasteiger partial charge in [0, 0.05) is 31.9 Å². The van der Waals surface area contributed by atoms with Gasteiger partial charge >= 0.3 is 0 Å². The second-order valence-electron chi connectivity index (χ2n) is 10.4. The van der Waals surface area contributed by atoms with Crippen molar-refractivity contribution in [3.8, 4) is 0 Å². The molecule has 1 saturated heterocycles. The molecule has 1 saturated carbocycles. The zero-order chi connectivity index (χ0) is 20.1. The van der Waals surface area contributed by atoms with Crippen molar-refractivity contribution in [2.45, 2.75) is 73.6 Å². The normalized spacial score (nSPS) is 25.1. The largest absolute Gasteiger partial charge is 0.372 e. The van der Waals surface area contributed by atoms with Gasteiger partial charge in [0.15, 0.2) is 0 Å². The van der Waals surface area contributed by atoms with E-state index in [9.17, 15) is 4.39 Å². The Morgan fingerprint density at radius 2 is 1.59 bits per heavy atom. The molecule has 3 heteroatoms. The van der Waals surface area contributed by atoms with Gasteiger partial charge in [-0.05, 0) is 74.8 Å². The maximum Gasteiger partial charge on any atom is 0.0894 e. The van der Waals surface area contributed by atoms with Crippen LogP contribution in [0, 0.1) is 16.7 Å². The minimum Gasteiger partial charge on any atom is -0.372 e. The second kappa shape index (κ2) is 9.58. The molecule has 1 heterocycles. The number of piperazine rings is 1. The van der Waals surface area contributed by atoms with Crippen molar-refractivity contribution >= 4 is 0 Å². The summed E-state index contributed by atoms with van der Waals surface area (Å²) in [5.74, 6) is 0.655. The summed E-state index contributed by atoms with van der Waals surface area (Å²) >= 11 is 0. The smallest absolute Gasteiger partial charge is 0.0894 e. The van der Waals surface area contributed by atoms with Crippen LogP contribution in [-0.4, -0.2) is 49.2 Å². The van der Waals surface area contributed by atoms with Gasteiger partial charge in [0.05, 0.1) is 6.67 Å². The van der Waals surface area contributed by atoms with Crippen LogP contribution in [0.3, 0.4) is 0 Å². The fourth-order valence-corrected chi connectivity index (χ4v) is 5.72. The Bertz CT molecular complexity index is 508. The van der Waals surface area contributed by atoms with Crippen LogP contribution >= 0.6 is 0 Å². The van der Waals surface area contributed by atoms with Gasteiger partial charge in [0.2, 0.25) is 0 Å². The van der Waals surface area contributed by atoms with E-state index in [-0.39, 0.29) is 6.67 Å². The first-order chi connectivity index (χ1) is 12.7. The molecule has 0 aromatic rings. The van der Waals surface area contributed by atoms with Crippen LogP contribution in [0.1, 0.15) is 73.6 Å². The summed E-state index contributed by atoms with van der Waals surface area (Å²) in [4.78, 5) is 5.09. The lowest BCUT2D eigenvalue weighted by Crippen LogP contribution is -2.46. The van der Waals surface area contributed by atoms with Gasteiger partial charge < -0.3 is 4.90 Å². The number of alkyl halides is 1. The van der Waals surface area contributed by atoms with Crippen LogP contribution in [0.4, 0.5) is 4.39 Å². The first-order valence-corrected chi connectivity index (χ1v) is 11.0. The Balaban J connectivity index is 2.09. The number of unbranched alkanes of at least 4 members (excludes halogenated alkanes) is 1. The lowest BCUT2D eigenvalue weighted by molar-refractivity contribution is 0.0809. The molecule has 2 nitrogen and oxygen atoms in total. The van der Waals surface area contributed by atoms with Crippen molar-refractivity contribution < 1.29 is 4.39 Å². The molecule has 0 atom stereocenters. The highest BCUT2D eigenvalue weighted by molar-refractivity contribution is 5.28. The van der Waals surface area contributed by atoms with Crippen molar-refractivity contribution in [3.63, 3.8) is 0 Å². The van der Waals surface area contributed by atoms with Crippen molar-refractivity contribution in [1.29, 1.82) is 0 Å². The van der Waals surface area contributed by atoms with Crippen molar-refractivity contribution in [1.82, 2.24) is 9.80 Å². The van der Waals surface area contributed by atoms with Gasteiger partial charge in [-0.2, -0.15) is 0 Å². The number of halogens is 1. The Hall–Kier alpha value is -0.830. The predicted octanol–water partition coefficient (Wildman–Crippen LogP) is 6.06. The monoisotopic (exact) mass is 378 g/mol. The molecule has 0 bridgehead atoms. The molecule has 0 aromatic heterocycles. The summed E-state index contributed by atoms with van der Waals surface area (Å²) in [6.45, 7) is 19.5. The van der Waals surface area contributed by atoms with E-state index in [2.05, 4.69) is 63.5 Å². The first-order valence-electron chi connectivity index (χ1n) is 11.0. The third-order valence-corrected chi connectivity index (χ3v) is 6.46. The van der Waals surface area contributed by atoms with Gasteiger partial charge in [-0.3, -0.25) is 9.29 Å². The zero-order valence-corrected chi connectivity index (χ0v) is 18.8. The van der Waals surface area contributed by atoms with Crippen LogP contribution in [0.5, 0.6) is 0 Å². The average Bonchev–Trinajstić information content (AvgIpc) is 2.57. The highest BCUT2D eigenvalue weighted by Gasteiger charge is 2.39. The maximum atomic E-state index is 12.3. The maximum absolute atomic E-state index is 12.3.